The smallest absolute Gasteiger partial charge is 0.160 e. The van der Waals surface area contributed by atoms with Crippen molar-refractivity contribution in [3.63, 3.8) is 0 Å². The van der Waals surface area contributed by atoms with Crippen molar-refractivity contribution in [2.45, 2.75) is 26.7 Å². The molecule has 0 atom stereocenters. The Hall–Kier alpha value is -1.63. The van der Waals surface area contributed by atoms with Crippen LogP contribution < -0.4 is 0 Å². The van der Waals surface area contributed by atoms with Crippen molar-refractivity contribution in [1.29, 1.82) is 0 Å². The number of benzene rings is 2. The van der Waals surface area contributed by atoms with Gasteiger partial charge in [-0.15, -0.1) is 0 Å². The highest BCUT2D eigenvalue weighted by Crippen LogP contribution is 2.22. The lowest BCUT2D eigenvalue weighted by Crippen LogP contribution is -1.96. The number of carbonyl (C=O) groups excluding carboxylic acids is 1. The second-order valence-corrected chi connectivity index (χ2v) is 4.17. The Balaban J connectivity index is 2.68. The molecule has 0 bridgehead atoms. The summed E-state index contributed by atoms with van der Waals surface area (Å²) in [5.41, 5.74) is 2.10. The van der Waals surface area contributed by atoms with E-state index < -0.39 is 0 Å². The van der Waals surface area contributed by atoms with Crippen molar-refractivity contribution in [3.05, 3.63) is 47.5 Å². The van der Waals surface area contributed by atoms with Gasteiger partial charge in [0.25, 0.3) is 0 Å². The molecule has 0 aromatic heterocycles. The Morgan fingerprint density at radius 1 is 1.19 bits per heavy atom. The van der Waals surface area contributed by atoms with Gasteiger partial charge in [0, 0.05) is 5.56 Å². The van der Waals surface area contributed by atoms with Gasteiger partial charge in [-0.05, 0) is 35.7 Å². The summed E-state index contributed by atoms with van der Waals surface area (Å²) in [6.45, 7) is 3.79. The molecule has 0 amide bonds. The first kappa shape index (κ1) is 10.9. The van der Waals surface area contributed by atoms with Crippen LogP contribution in [0.2, 0.25) is 0 Å². The molecule has 2 aromatic carbocycles. The number of rotatable bonds is 3. The van der Waals surface area contributed by atoms with E-state index in [1.165, 1.54) is 10.9 Å². The Labute approximate surface area is 96.1 Å². The van der Waals surface area contributed by atoms with E-state index in [1.54, 1.807) is 6.92 Å². The highest BCUT2D eigenvalue weighted by Gasteiger charge is 2.07. The fourth-order valence-corrected chi connectivity index (χ4v) is 2.10. The fraction of sp³-hybridized carbons (Fsp3) is 0.267. The minimum absolute atomic E-state index is 0.147. The van der Waals surface area contributed by atoms with Crippen LogP contribution in [-0.4, -0.2) is 5.78 Å². The zero-order valence-corrected chi connectivity index (χ0v) is 9.79. The molecule has 1 nitrogen and oxygen atoms in total. The Morgan fingerprint density at radius 2 is 1.94 bits per heavy atom. The summed E-state index contributed by atoms with van der Waals surface area (Å²) in [5.74, 6) is 0.147. The largest absolute Gasteiger partial charge is 0.294 e. The van der Waals surface area contributed by atoms with E-state index in [9.17, 15) is 4.79 Å². The first-order chi connectivity index (χ1) is 7.72. The monoisotopic (exact) mass is 212 g/mol. The van der Waals surface area contributed by atoms with Gasteiger partial charge in [0.05, 0.1) is 0 Å². The molecule has 1 heteroatoms. The van der Waals surface area contributed by atoms with Gasteiger partial charge in [-0.3, -0.25) is 4.79 Å². The summed E-state index contributed by atoms with van der Waals surface area (Å²) in [5, 5.41) is 2.23. The normalized spacial score (nSPS) is 10.6. The lowest BCUT2D eigenvalue weighted by Gasteiger charge is -2.07. The van der Waals surface area contributed by atoms with Gasteiger partial charge >= 0.3 is 0 Å². The average molecular weight is 212 g/mol. The number of ketones is 1. The highest BCUT2D eigenvalue weighted by molar-refractivity contribution is 6.07. The SMILES string of the molecule is CCCc1cc(C(C)=O)c2ccccc2c1. The van der Waals surface area contributed by atoms with Crippen LogP contribution in [0.25, 0.3) is 10.8 Å². The van der Waals surface area contributed by atoms with Crippen LogP contribution in [0, 0.1) is 0 Å². The van der Waals surface area contributed by atoms with Gasteiger partial charge in [-0.1, -0.05) is 43.7 Å². The van der Waals surface area contributed by atoms with E-state index in [4.69, 9.17) is 0 Å². The number of hydrogen-bond acceptors (Lipinski definition) is 1. The second kappa shape index (κ2) is 4.48. The molecular weight excluding hydrogens is 196 g/mol. The Bertz CT molecular complexity index is 526. The molecule has 0 fully saturated rings. The Kier molecular flexibility index (Phi) is 3.04. The lowest BCUT2D eigenvalue weighted by atomic mass is 9.97. The summed E-state index contributed by atoms with van der Waals surface area (Å²) < 4.78 is 0. The first-order valence-corrected chi connectivity index (χ1v) is 5.75. The highest BCUT2D eigenvalue weighted by atomic mass is 16.1. The number of carbonyl (C=O) groups is 1. The summed E-state index contributed by atoms with van der Waals surface area (Å²) in [6.07, 6.45) is 2.14. The summed E-state index contributed by atoms with van der Waals surface area (Å²) >= 11 is 0. The van der Waals surface area contributed by atoms with Gasteiger partial charge in [-0.25, -0.2) is 0 Å². The maximum atomic E-state index is 11.6. The molecule has 0 saturated heterocycles. The van der Waals surface area contributed by atoms with Crippen molar-refractivity contribution < 1.29 is 4.79 Å². The van der Waals surface area contributed by atoms with E-state index in [0.29, 0.717) is 0 Å². The van der Waals surface area contributed by atoms with E-state index in [-0.39, 0.29) is 5.78 Å². The summed E-state index contributed by atoms with van der Waals surface area (Å²) in [7, 11) is 0. The van der Waals surface area contributed by atoms with Gasteiger partial charge in [0.2, 0.25) is 0 Å². The molecular formula is C15H16O. The summed E-state index contributed by atoms with van der Waals surface area (Å²) in [4.78, 5) is 11.6. The van der Waals surface area contributed by atoms with Gasteiger partial charge in [-0.2, -0.15) is 0 Å². The minimum Gasteiger partial charge on any atom is -0.294 e. The van der Waals surface area contributed by atoms with E-state index in [2.05, 4.69) is 19.1 Å². The molecule has 0 N–H and O–H groups in total. The average Bonchev–Trinajstić information content (AvgIpc) is 2.28. The topological polar surface area (TPSA) is 17.1 Å². The van der Waals surface area contributed by atoms with Gasteiger partial charge in [0.15, 0.2) is 5.78 Å². The van der Waals surface area contributed by atoms with Crippen molar-refractivity contribution in [1.82, 2.24) is 0 Å². The Morgan fingerprint density at radius 3 is 2.62 bits per heavy atom. The van der Waals surface area contributed by atoms with Gasteiger partial charge < -0.3 is 0 Å². The quantitative estimate of drug-likeness (QED) is 0.703. The molecule has 0 aliphatic carbocycles. The predicted molar refractivity (Wildman–Crippen MR) is 67.9 cm³/mol. The first-order valence-electron chi connectivity index (χ1n) is 5.75. The molecule has 16 heavy (non-hydrogen) atoms. The van der Waals surface area contributed by atoms with Crippen molar-refractivity contribution in [2.24, 2.45) is 0 Å². The van der Waals surface area contributed by atoms with E-state index in [0.717, 1.165) is 23.8 Å². The molecule has 0 aliphatic rings. The molecule has 0 aliphatic heterocycles. The predicted octanol–water partition coefficient (Wildman–Crippen LogP) is 3.99. The van der Waals surface area contributed by atoms with Crippen LogP contribution in [0.5, 0.6) is 0 Å². The van der Waals surface area contributed by atoms with Crippen molar-refractivity contribution in [2.75, 3.05) is 0 Å². The second-order valence-electron chi connectivity index (χ2n) is 4.17. The zero-order valence-electron chi connectivity index (χ0n) is 9.79. The maximum absolute atomic E-state index is 11.6. The van der Waals surface area contributed by atoms with Gasteiger partial charge in [0.1, 0.15) is 0 Å². The number of hydrogen-bond donors (Lipinski definition) is 0. The molecule has 0 unspecified atom stereocenters. The number of aryl methyl sites for hydroxylation is 1. The van der Waals surface area contributed by atoms with Crippen LogP contribution >= 0.6 is 0 Å². The molecule has 2 aromatic rings. The van der Waals surface area contributed by atoms with Crippen LogP contribution in [-0.2, 0) is 6.42 Å². The minimum atomic E-state index is 0.147. The van der Waals surface area contributed by atoms with Crippen LogP contribution in [0.4, 0.5) is 0 Å². The zero-order chi connectivity index (χ0) is 11.5. The third-order valence-corrected chi connectivity index (χ3v) is 2.84. The van der Waals surface area contributed by atoms with E-state index >= 15 is 0 Å². The molecule has 0 heterocycles. The van der Waals surface area contributed by atoms with Crippen molar-refractivity contribution >= 4 is 16.6 Å². The lowest BCUT2D eigenvalue weighted by molar-refractivity contribution is 0.101. The van der Waals surface area contributed by atoms with Crippen LogP contribution in [0.1, 0.15) is 36.2 Å². The molecule has 0 spiro atoms. The standard InChI is InChI=1S/C15H16O/c1-3-6-12-9-13-7-4-5-8-14(13)15(10-12)11(2)16/h4-5,7-10H,3,6H2,1-2H3. The number of fused-ring (bicyclic) bond motifs is 1. The summed E-state index contributed by atoms with van der Waals surface area (Å²) in [6, 6.07) is 12.3. The maximum Gasteiger partial charge on any atom is 0.160 e. The van der Waals surface area contributed by atoms with Crippen molar-refractivity contribution in [3.8, 4) is 0 Å². The molecule has 2 rings (SSSR count). The fourth-order valence-electron chi connectivity index (χ4n) is 2.10. The molecule has 0 radical (unpaired) electrons. The van der Waals surface area contributed by atoms with E-state index in [1.807, 2.05) is 24.3 Å². The third-order valence-electron chi connectivity index (χ3n) is 2.84. The van der Waals surface area contributed by atoms with Crippen LogP contribution in [0.15, 0.2) is 36.4 Å². The molecule has 0 saturated carbocycles. The third kappa shape index (κ3) is 1.99. The van der Waals surface area contributed by atoms with Crippen LogP contribution in [0.3, 0.4) is 0 Å². The molecule has 82 valence electrons. The number of Topliss-reactive ketones (excluding diaryl/α,β-unsaturated/α-hetero) is 1.